The molecule has 1 aliphatic heterocycles. The van der Waals surface area contributed by atoms with Crippen LogP contribution in [-0.4, -0.2) is 71.3 Å². The van der Waals surface area contributed by atoms with Crippen molar-refractivity contribution in [3.63, 3.8) is 0 Å². The van der Waals surface area contributed by atoms with Crippen molar-refractivity contribution in [3.05, 3.63) is 63.7 Å². The first-order valence-electron chi connectivity index (χ1n) is 11.1. The van der Waals surface area contributed by atoms with Crippen molar-refractivity contribution in [3.8, 4) is 0 Å². The number of hydrogen-bond donors (Lipinski definition) is 2. The number of halogens is 1. The zero-order valence-corrected chi connectivity index (χ0v) is 20.1. The molecule has 1 aromatic heterocycles. The van der Waals surface area contributed by atoms with E-state index in [1.54, 1.807) is 26.8 Å². The van der Waals surface area contributed by atoms with Gasteiger partial charge in [0, 0.05) is 17.8 Å². The van der Waals surface area contributed by atoms with E-state index in [0.29, 0.717) is 29.8 Å². The highest BCUT2D eigenvalue weighted by Gasteiger charge is 2.46. The number of Topliss-reactive ketones (excluding diaryl/α,β-unsaturated/α-hetero) is 1. The summed E-state index contributed by atoms with van der Waals surface area (Å²) < 4.78 is 19.2. The number of carbonyl (C=O) groups excluding carboxylic acids is 3. The smallest absolute Gasteiger partial charge is 0.355 e. The van der Waals surface area contributed by atoms with Crippen LogP contribution in [0.4, 0.5) is 4.39 Å². The van der Waals surface area contributed by atoms with Crippen molar-refractivity contribution in [2.45, 2.75) is 33.2 Å². The Morgan fingerprint density at radius 2 is 1.97 bits per heavy atom. The zero-order chi connectivity index (χ0) is 25.2. The molecule has 0 aliphatic carbocycles. The average Bonchev–Trinajstić information content (AvgIpc) is 3.21. The summed E-state index contributed by atoms with van der Waals surface area (Å²) >= 11 is 0. The number of aromatic amines is 1. The number of ketones is 1. The first-order valence-corrected chi connectivity index (χ1v) is 11.1. The lowest BCUT2D eigenvalue weighted by Crippen LogP contribution is -2.32. The fourth-order valence-corrected chi connectivity index (χ4v) is 4.34. The Morgan fingerprint density at radius 3 is 2.59 bits per heavy atom. The van der Waals surface area contributed by atoms with Gasteiger partial charge in [0.15, 0.2) is 0 Å². The lowest BCUT2D eigenvalue weighted by Gasteiger charge is -2.26. The number of aromatic nitrogens is 1. The number of aliphatic hydroxyl groups excluding tert-OH is 1. The number of likely N-dealkylation sites (tertiary alicyclic amines) is 1. The molecule has 8 nitrogen and oxygen atoms in total. The van der Waals surface area contributed by atoms with Crippen LogP contribution in [0.15, 0.2) is 29.8 Å². The summed E-state index contributed by atoms with van der Waals surface area (Å²) in [6.07, 6.45) is 0.584. The maximum absolute atomic E-state index is 14.1. The van der Waals surface area contributed by atoms with Gasteiger partial charge < -0.3 is 24.6 Å². The summed E-state index contributed by atoms with van der Waals surface area (Å²) in [7, 11) is 3.80. The van der Waals surface area contributed by atoms with E-state index in [1.807, 2.05) is 19.0 Å². The third kappa shape index (κ3) is 4.75. The second kappa shape index (κ2) is 10.2. The van der Waals surface area contributed by atoms with Crippen molar-refractivity contribution in [1.29, 1.82) is 0 Å². The van der Waals surface area contributed by atoms with Gasteiger partial charge in [0.2, 0.25) is 0 Å². The number of rotatable bonds is 8. The Balaban J connectivity index is 2.16. The number of nitrogens with one attached hydrogen (secondary N) is 1. The molecule has 34 heavy (non-hydrogen) atoms. The standard InChI is InChI=1S/C25H30FN3O5/c1-6-34-25(33)20-14(2)18(15(3)27-20)22(30)19-21(16-9-7-10-17(26)13-16)29(24(32)23(19)31)12-8-11-28(4)5/h7,9-10,13,21,27,30H,6,8,11-12H2,1-5H3/b22-19-. The first-order chi connectivity index (χ1) is 16.1. The second-order valence-electron chi connectivity index (χ2n) is 8.55. The lowest BCUT2D eigenvalue weighted by molar-refractivity contribution is -0.139. The molecule has 0 spiro atoms. The van der Waals surface area contributed by atoms with Crippen LogP contribution in [0.25, 0.3) is 5.76 Å². The predicted octanol–water partition coefficient (Wildman–Crippen LogP) is 3.32. The largest absolute Gasteiger partial charge is 0.507 e. The minimum absolute atomic E-state index is 0.138. The Morgan fingerprint density at radius 1 is 1.26 bits per heavy atom. The summed E-state index contributed by atoms with van der Waals surface area (Å²) in [4.78, 5) is 44.7. The zero-order valence-electron chi connectivity index (χ0n) is 20.1. The molecular formula is C25H30FN3O5. The molecule has 3 rings (SSSR count). The van der Waals surface area contributed by atoms with Gasteiger partial charge >= 0.3 is 5.97 Å². The Kier molecular flexibility index (Phi) is 7.56. The van der Waals surface area contributed by atoms with Crippen LogP contribution in [0.1, 0.15) is 52.3 Å². The van der Waals surface area contributed by atoms with E-state index in [1.165, 1.54) is 23.1 Å². The number of carbonyl (C=O) groups is 3. The molecular weight excluding hydrogens is 441 g/mol. The number of ether oxygens (including phenoxy) is 1. The molecule has 0 saturated carbocycles. The monoisotopic (exact) mass is 471 g/mol. The van der Waals surface area contributed by atoms with Crippen LogP contribution in [0, 0.1) is 19.7 Å². The third-order valence-corrected chi connectivity index (χ3v) is 5.86. The van der Waals surface area contributed by atoms with Crippen molar-refractivity contribution < 1.29 is 28.6 Å². The summed E-state index contributed by atoms with van der Waals surface area (Å²) in [6, 6.07) is 4.68. The molecule has 9 heteroatoms. The molecule has 1 aliphatic rings. The molecule has 1 fully saturated rings. The molecule has 1 unspecified atom stereocenters. The molecule has 1 aromatic carbocycles. The summed E-state index contributed by atoms with van der Waals surface area (Å²) in [5.41, 5.74) is 1.47. The molecule has 2 N–H and O–H groups in total. The summed E-state index contributed by atoms with van der Waals surface area (Å²) in [6.45, 7) is 6.05. The number of nitrogens with zero attached hydrogens (tertiary/aromatic N) is 2. The van der Waals surface area contributed by atoms with Crippen molar-refractivity contribution >= 4 is 23.4 Å². The van der Waals surface area contributed by atoms with Crippen LogP contribution >= 0.6 is 0 Å². The normalized spacial score (nSPS) is 17.6. The highest BCUT2D eigenvalue weighted by molar-refractivity contribution is 6.46. The lowest BCUT2D eigenvalue weighted by atomic mass is 9.94. The highest BCUT2D eigenvalue weighted by Crippen LogP contribution is 2.41. The van der Waals surface area contributed by atoms with Crippen LogP contribution in [0.5, 0.6) is 0 Å². The Labute approximate surface area is 198 Å². The molecule has 1 amide bonds. The van der Waals surface area contributed by atoms with Gasteiger partial charge in [-0.25, -0.2) is 9.18 Å². The Hall–Kier alpha value is -3.46. The van der Waals surface area contributed by atoms with Crippen LogP contribution in [0.3, 0.4) is 0 Å². The van der Waals surface area contributed by atoms with Crippen molar-refractivity contribution in [2.24, 2.45) is 0 Å². The number of aliphatic hydroxyl groups is 1. The van der Waals surface area contributed by atoms with Crippen LogP contribution in [-0.2, 0) is 14.3 Å². The fraction of sp³-hybridized carbons (Fsp3) is 0.400. The van der Waals surface area contributed by atoms with Gasteiger partial charge in [-0.05, 0) is 71.1 Å². The number of aryl methyl sites for hydroxylation is 1. The quantitative estimate of drug-likeness (QED) is 0.265. The van der Waals surface area contributed by atoms with E-state index < -0.39 is 35.3 Å². The molecule has 2 aromatic rings. The van der Waals surface area contributed by atoms with E-state index in [4.69, 9.17) is 4.74 Å². The first kappa shape index (κ1) is 25.2. The maximum Gasteiger partial charge on any atom is 0.355 e. The minimum Gasteiger partial charge on any atom is -0.507 e. The van der Waals surface area contributed by atoms with Gasteiger partial charge in [-0.15, -0.1) is 0 Å². The molecule has 1 saturated heterocycles. The van der Waals surface area contributed by atoms with Crippen LogP contribution in [0.2, 0.25) is 0 Å². The molecule has 1 atom stereocenters. The summed E-state index contributed by atoms with van der Waals surface area (Å²) in [5, 5.41) is 11.3. The van der Waals surface area contributed by atoms with Crippen molar-refractivity contribution in [1.82, 2.24) is 14.8 Å². The SMILES string of the molecule is CCOC(=O)c1[nH]c(C)c(/C(O)=C2/C(=O)C(=O)N(CCCN(C)C)C2c2cccc(F)c2)c1C. The Bertz CT molecular complexity index is 1150. The van der Waals surface area contributed by atoms with Crippen LogP contribution < -0.4 is 0 Å². The van der Waals surface area contributed by atoms with E-state index in [9.17, 15) is 23.9 Å². The number of esters is 1. The van der Waals surface area contributed by atoms with E-state index in [0.717, 1.165) is 0 Å². The third-order valence-electron chi connectivity index (χ3n) is 5.86. The van der Waals surface area contributed by atoms with Gasteiger partial charge in [-0.3, -0.25) is 9.59 Å². The van der Waals surface area contributed by atoms with E-state index in [2.05, 4.69) is 4.98 Å². The van der Waals surface area contributed by atoms with Gasteiger partial charge in [0.1, 0.15) is 17.3 Å². The van der Waals surface area contributed by atoms with E-state index >= 15 is 0 Å². The minimum atomic E-state index is -0.961. The number of benzene rings is 1. The summed E-state index contributed by atoms with van der Waals surface area (Å²) in [5.74, 6) is -3.13. The number of hydrogen-bond acceptors (Lipinski definition) is 6. The molecule has 0 bridgehead atoms. The molecule has 182 valence electrons. The van der Waals surface area contributed by atoms with Gasteiger partial charge in [0.05, 0.1) is 18.2 Å². The van der Waals surface area contributed by atoms with Gasteiger partial charge in [0.25, 0.3) is 11.7 Å². The fourth-order valence-electron chi connectivity index (χ4n) is 4.34. The molecule has 0 radical (unpaired) electrons. The number of H-pyrrole nitrogens is 1. The molecule has 2 heterocycles. The second-order valence-corrected chi connectivity index (χ2v) is 8.55. The maximum atomic E-state index is 14.1. The topological polar surface area (TPSA) is 103 Å². The van der Waals surface area contributed by atoms with Gasteiger partial charge in [-0.1, -0.05) is 12.1 Å². The predicted molar refractivity (Wildman–Crippen MR) is 125 cm³/mol. The van der Waals surface area contributed by atoms with Gasteiger partial charge in [-0.2, -0.15) is 0 Å². The number of amides is 1. The van der Waals surface area contributed by atoms with Crippen molar-refractivity contribution in [2.75, 3.05) is 33.8 Å². The average molecular weight is 472 g/mol. The highest BCUT2D eigenvalue weighted by atomic mass is 19.1. The van der Waals surface area contributed by atoms with E-state index in [-0.39, 0.29) is 30.0 Å².